The summed E-state index contributed by atoms with van der Waals surface area (Å²) in [7, 11) is 0. The smallest absolute Gasteiger partial charge is 0.309 e. The van der Waals surface area contributed by atoms with Crippen molar-refractivity contribution in [3.05, 3.63) is 0 Å². The number of hydrogen-bond donors (Lipinski definition) is 0. The van der Waals surface area contributed by atoms with Crippen LogP contribution in [0.25, 0.3) is 0 Å². The van der Waals surface area contributed by atoms with Crippen molar-refractivity contribution in [2.45, 2.75) is 46.1 Å². The van der Waals surface area contributed by atoms with E-state index < -0.39 is 0 Å². The highest BCUT2D eigenvalue weighted by atomic mass is 16.7. The maximum absolute atomic E-state index is 11.5. The lowest BCUT2D eigenvalue weighted by Gasteiger charge is -2.34. The predicted molar refractivity (Wildman–Crippen MR) is 61.8 cm³/mol. The Morgan fingerprint density at radius 1 is 1.31 bits per heavy atom. The van der Waals surface area contributed by atoms with Gasteiger partial charge in [-0.15, -0.1) is 0 Å². The van der Waals surface area contributed by atoms with Crippen LogP contribution in [0.1, 0.15) is 40.5 Å². The monoisotopic (exact) mass is 229 g/mol. The molecule has 4 heteroatoms. The molecule has 0 unspecified atom stereocenters. The summed E-state index contributed by atoms with van der Waals surface area (Å²) in [6.45, 7) is 10.0. The van der Waals surface area contributed by atoms with Crippen LogP contribution < -0.4 is 0 Å². The molecule has 0 aromatic carbocycles. The molecule has 94 valence electrons. The van der Waals surface area contributed by atoms with E-state index in [-0.39, 0.29) is 17.5 Å². The third-order valence-electron chi connectivity index (χ3n) is 2.48. The van der Waals surface area contributed by atoms with Gasteiger partial charge in [0.15, 0.2) is 0 Å². The standard InChI is InChI=1S/C12H23NO3/c1-5-15-11(14)10-6-8-13(9-7-10)16-12(2,3)4/h10H,5-9H2,1-4H3. The molecule has 0 atom stereocenters. The molecule has 0 aromatic rings. The number of carbonyl (C=O) groups is 1. The SMILES string of the molecule is CCOC(=O)C1CCN(OC(C)(C)C)CC1. The molecule has 1 heterocycles. The quantitative estimate of drug-likeness (QED) is 0.694. The van der Waals surface area contributed by atoms with Gasteiger partial charge in [0.25, 0.3) is 0 Å². The molecule has 0 aromatic heterocycles. The van der Waals surface area contributed by atoms with Crippen molar-refractivity contribution in [3.8, 4) is 0 Å². The topological polar surface area (TPSA) is 38.8 Å². The third-order valence-corrected chi connectivity index (χ3v) is 2.48. The molecule has 0 N–H and O–H groups in total. The molecular weight excluding hydrogens is 206 g/mol. The van der Waals surface area contributed by atoms with Gasteiger partial charge >= 0.3 is 5.97 Å². The zero-order chi connectivity index (χ0) is 12.2. The largest absolute Gasteiger partial charge is 0.466 e. The van der Waals surface area contributed by atoms with E-state index in [9.17, 15) is 4.79 Å². The lowest BCUT2D eigenvalue weighted by atomic mass is 9.98. The van der Waals surface area contributed by atoms with E-state index in [1.807, 2.05) is 32.8 Å². The first kappa shape index (κ1) is 13.5. The van der Waals surface area contributed by atoms with Gasteiger partial charge < -0.3 is 4.74 Å². The van der Waals surface area contributed by atoms with Crippen LogP contribution in [0.4, 0.5) is 0 Å². The molecule has 1 rings (SSSR count). The molecule has 0 bridgehead atoms. The van der Waals surface area contributed by atoms with Crippen molar-refractivity contribution in [2.75, 3.05) is 19.7 Å². The first-order chi connectivity index (χ1) is 7.42. The minimum atomic E-state index is -0.156. The average molecular weight is 229 g/mol. The zero-order valence-electron chi connectivity index (χ0n) is 10.8. The molecule has 0 saturated carbocycles. The Balaban J connectivity index is 2.31. The third kappa shape index (κ3) is 4.49. The summed E-state index contributed by atoms with van der Waals surface area (Å²) in [5, 5.41) is 1.95. The molecule has 0 amide bonds. The molecule has 16 heavy (non-hydrogen) atoms. The van der Waals surface area contributed by atoms with Crippen LogP contribution in [0.2, 0.25) is 0 Å². The molecule has 4 nitrogen and oxygen atoms in total. The van der Waals surface area contributed by atoms with E-state index >= 15 is 0 Å². The van der Waals surface area contributed by atoms with E-state index in [1.54, 1.807) is 0 Å². The number of piperidine rings is 1. The van der Waals surface area contributed by atoms with Crippen LogP contribution in [0.3, 0.4) is 0 Å². The van der Waals surface area contributed by atoms with Gasteiger partial charge in [-0.2, -0.15) is 5.06 Å². The summed E-state index contributed by atoms with van der Waals surface area (Å²) in [5.74, 6) is -0.00215. The predicted octanol–water partition coefficient (Wildman–Crippen LogP) is 1.99. The van der Waals surface area contributed by atoms with E-state index in [2.05, 4.69) is 0 Å². The lowest BCUT2D eigenvalue weighted by Crippen LogP contribution is -2.41. The molecule has 1 aliphatic rings. The normalized spacial score (nSPS) is 19.8. The number of hydroxylamine groups is 2. The first-order valence-electron chi connectivity index (χ1n) is 6.03. The number of hydrogen-bond acceptors (Lipinski definition) is 4. The fourth-order valence-corrected chi connectivity index (χ4v) is 1.83. The highest BCUT2D eigenvalue weighted by molar-refractivity contribution is 5.72. The highest BCUT2D eigenvalue weighted by Gasteiger charge is 2.28. The summed E-state index contributed by atoms with van der Waals surface area (Å²) >= 11 is 0. The Bertz CT molecular complexity index is 227. The number of esters is 1. The number of carbonyl (C=O) groups excluding carboxylic acids is 1. The van der Waals surface area contributed by atoms with Gasteiger partial charge in [0, 0.05) is 13.1 Å². The molecule has 0 spiro atoms. The Morgan fingerprint density at radius 2 is 1.88 bits per heavy atom. The van der Waals surface area contributed by atoms with Gasteiger partial charge in [0.2, 0.25) is 0 Å². The van der Waals surface area contributed by atoms with Gasteiger partial charge in [0.1, 0.15) is 0 Å². The van der Waals surface area contributed by atoms with E-state index in [0.717, 1.165) is 25.9 Å². The summed E-state index contributed by atoms with van der Waals surface area (Å²) in [6.07, 6.45) is 1.66. The average Bonchev–Trinajstić information content (AvgIpc) is 2.16. The van der Waals surface area contributed by atoms with Gasteiger partial charge in [-0.1, -0.05) is 0 Å². The van der Waals surface area contributed by atoms with Crippen LogP contribution in [0.5, 0.6) is 0 Å². The Kier molecular flexibility index (Phi) is 4.74. The van der Waals surface area contributed by atoms with E-state index in [1.165, 1.54) is 0 Å². The summed E-state index contributed by atoms with van der Waals surface area (Å²) in [4.78, 5) is 17.3. The molecule has 0 aliphatic carbocycles. The molecule has 0 radical (unpaired) electrons. The van der Waals surface area contributed by atoms with Gasteiger partial charge in [-0.25, -0.2) is 0 Å². The van der Waals surface area contributed by atoms with Crippen LogP contribution in [0, 0.1) is 5.92 Å². The Hall–Kier alpha value is -0.610. The fraction of sp³-hybridized carbons (Fsp3) is 0.917. The molecule has 1 saturated heterocycles. The Labute approximate surface area is 97.9 Å². The van der Waals surface area contributed by atoms with Crippen molar-refractivity contribution >= 4 is 5.97 Å². The van der Waals surface area contributed by atoms with Crippen molar-refractivity contribution < 1.29 is 14.4 Å². The highest BCUT2D eigenvalue weighted by Crippen LogP contribution is 2.21. The van der Waals surface area contributed by atoms with Crippen LogP contribution in [-0.2, 0) is 14.4 Å². The van der Waals surface area contributed by atoms with Crippen molar-refractivity contribution in [1.29, 1.82) is 0 Å². The van der Waals surface area contributed by atoms with Crippen LogP contribution in [0.15, 0.2) is 0 Å². The molecule has 1 aliphatic heterocycles. The second-order valence-electron chi connectivity index (χ2n) is 5.16. The zero-order valence-corrected chi connectivity index (χ0v) is 10.8. The minimum Gasteiger partial charge on any atom is -0.466 e. The summed E-state index contributed by atoms with van der Waals surface area (Å²) < 4.78 is 5.02. The minimum absolute atomic E-state index is 0.0553. The number of nitrogens with zero attached hydrogens (tertiary/aromatic N) is 1. The van der Waals surface area contributed by atoms with Gasteiger partial charge in [-0.3, -0.25) is 9.63 Å². The van der Waals surface area contributed by atoms with Crippen molar-refractivity contribution in [3.63, 3.8) is 0 Å². The second kappa shape index (κ2) is 5.64. The lowest BCUT2D eigenvalue weighted by molar-refractivity contribution is -0.239. The fourth-order valence-electron chi connectivity index (χ4n) is 1.83. The summed E-state index contributed by atoms with van der Waals surface area (Å²) in [6, 6.07) is 0. The van der Waals surface area contributed by atoms with E-state index in [4.69, 9.17) is 9.57 Å². The van der Waals surface area contributed by atoms with Gasteiger partial charge in [0.05, 0.1) is 18.1 Å². The van der Waals surface area contributed by atoms with Gasteiger partial charge in [-0.05, 0) is 40.5 Å². The number of ether oxygens (including phenoxy) is 1. The maximum atomic E-state index is 11.5. The first-order valence-corrected chi connectivity index (χ1v) is 6.03. The molecular formula is C12H23NO3. The summed E-state index contributed by atoms with van der Waals surface area (Å²) in [5.41, 5.74) is -0.156. The number of rotatable bonds is 3. The second-order valence-corrected chi connectivity index (χ2v) is 5.16. The van der Waals surface area contributed by atoms with Crippen LogP contribution >= 0.6 is 0 Å². The molecule has 1 fully saturated rings. The maximum Gasteiger partial charge on any atom is 0.309 e. The van der Waals surface area contributed by atoms with Crippen molar-refractivity contribution in [2.24, 2.45) is 5.92 Å². The van der Waals surface area contributed by atoms with Crippen LogP contribution in [-0.4, -0.2) is 36.3 Å². The Morgan fingerprint density at radius 3 is 2.31 bits per heavy atom. The van der Waals surface area contributed by atoms with E-state index in [0.29, 0.717) is 6.61 Å². The van der Waals surface area contributed by atoms with Crippen molar-refractivity contribution in [1.82, 2.24) is 5.06 Å².